The molecule has 0 heterocycles. The molecular formula is C35H50O4P2. The summed E-state index contributed by atoms with van der Waals surface area (Å²) >= 11 is 0. The lowest BCUT2D eigenvalue weighted by Gasteiger charge is -2.17. The van der Waals surface area contributed by atoms with Gasteiger partial charge in [-0.2, -0.15) is 0 Å². The molecule has 4 rings (SSSR count). The Labute approximate surface area is 253 Å². The minimum Gasteiger partial charge on any atom is -0.508 e. The molecule has 6 heteroatoms. The van der Waals surface area contributed by atoms with Gasteiger partial charge in [-0.25, -0.2) is 0 Å². The van der Waals surface area contributed by atoms with E-state index < -0.39 is 0 Å². The zero-order valence-corrected chi connectivity index (χ0v) is 28.8. The zero-order chi connectivity index (χ0) is 31.5. The summed E-state index contributed by atoms with van der Waals surface area (Å²) < 4.78 is 11.0. The highest BCUT2D eigenvalue weighted by molar-refractivity contribution is 7.10. The number of para-hydroxylation sites is 2. The van der Waals surface area contributed by atoms with E-state index >= 15 is 0 Å². The lowest BCUT2D eigenvalue weighted by molar-refractivity contribution is 0.470. The first-order valence-corrected chi connectivity index (χ1v) is 14.9. The first-order valence-electron chi connectivity index (χ1n) is 14.0. The highest BCUT2D eigenvalue weighted by atomic mass is 31.0. The van der Waals surface area contributed by atoms with Gasteiger partial charge in [0.25, 0.3) is 0 Å². The monoisotopic (exact) mass is 596 g/mol. The van der Waals surface area contributed by atoms with E-state index in [4.69, 9.17) is 19.3 Å². The van der Waals surface area contributed by atoms with E-state index in [-0.39, 0.29) is 0 Å². The Bertz CT molecular complexity index is 1180. The normalized spacial score (nSPS) is 9.27. The molecule has 0 amide bonds. The van der Waals surface area contributed by atoms with Crippen LogP contribution >= 0.6 is 18.9 Å². The second kappa shape index (κ2) is 20.8. The number of hydrogen-bond donors (Lipinski definition) is 2. The molecule has 0 saturated carbocycles. The van der Waals surface area contributed by atoms with Crippen LogP contribution in [0.5, 0.6) is 23.0 Å². The maximum absolute atomic E-state index is 8.92. The summed E-state index contributed by atoms with van der Waals surface area (Å²) in [4.78, 5) is 0. The lowest BCUT2D eigenvalue weighted by Crippen LogP contribution is -1.93. The Hall–Kier alpha value is -3.06. The number of aromatic hydroxyl groups is 2. The van der Waals surface area contributed by atoms with Gasteiger partial charge < -0.3 is 19.3 Å². The van der Waals surface area contributed by atoms with Gasteiger partial charge in [-0.15, -0.1) is 0 Å². The molecule has 2 atom stereocenters. The van der Waals surface area contributed by atoms with Gasteiger partial charge in [0, 0.05) is 11.1 Å². The van der Waals surface area contributed by atoms with Crippen LogP contribution in [0.25, 0.3) is 11.1 Å². The molecule has 41 heavy (non-hydrogen) atoms. The van der Waals surface area contributed by atoms with Crippen LogP contribution in [0, 0.1) is 41.5 Å². The highest BCUT2D eigenvalue weighted by Gasteiger charge is 2.16. The molecule has 224 valence electrons. The fraction of sp³-hybridized carbons (Fsp3) is 0.314. The number of phenols is 2. The summed E-state index contributed by atoms with van der Waals surface area (Å²) in [5.41, 5.74) is 8.60. The van der Waals surface area contributed by atoms with Crippen LogP contribution < -0.4 is 9.05 Å². The Morgan fingerprint density at radius 2 is 0.829 bits per heavy atom. The number of hydrogen-bond acceptors (Lipinski definition) is 4. The molecule has 0 radical (unpaired) electrons. The summed E-state index contributed by atoms with van der Waals surface area (Å²) in [6.07, 6.45) is 1.25. The van der Waals surface area contributed by atoms with Crippen LogP contribution in [-0.2, 0) is 0 Å². The number of rotatable bonds is 3. The van der Waals surface area contributed by atoms with Crippen molar-refractivity contribution in [2.45, 2.75) is 75.7 Å². The fourth-order valence-electron chi connectivity index (χ4n) is 3.75. The van der Waals surface area contributed by atoms with Gasteiger partial charge in [-0.3, -0.25) is 0 Å². The molecule has 4 nitrogen and oxygen atoms in total. The van der Waals surface area contributed by atoms with Gasteiger partial charge in [0.1, 0.15) is 23.0 Å². The summed E-state index contributed by atoms with van der Waals surface area (Å²) in [6.45, 7) is 20.3. The molecule has 0 aliphatic heterocycles. The molecule has 0 aromatic heterocycles. The van der Waals surface area contributed by atoms with Gasteiger partial charge in [-0.05, 0) is 99.2 Å². The third-order valence-electron chi connectivity index (χ3n) is 5.59. The molecule has 0 spiro atoms. The van der Waals surface area contributed by atoms with E-state index in [0.717, 1.165) is 44.9 Å². The van der Waals surface area contributed by atoms with Gasteiger partial charge in [0.05, 0.1) is 18.9 Å². The zero-order valence-electron chi connectivity index (χ0n) is 26.5. The van der Waals surface area contributed by atoms with Crippen LogP contribution in [0.1, 0.15) is 67.5 Å². The molecule has 2 N–H and O–H groups in total. The summed E-state index contributed by atoms with van der Waals surface area (Å²) in [5.74, 6) is 2.47. The second-order valence-corrected chi connectivity index (χ2v) is 9.90. The molecule has 4 aromatic rings. The minimum absolute atomic E-state index is 0.368. The Balaban J connectivity index is 0.000000625. The first kappa shape index (κ1) is 37.9. The van der Waals surface area contributed by atoms with E-state index in [0.29, 0.717) is 11.5 Å². The maximum Gasteiger partial charge on any atom is 0.133 e. The van der Waals surface area contributed by atoms with Crippen molar-refractivity contribution in [3.63, 3.8) is 0 Å². The summed E-state index contributed by atoms with van der Waals surface area (Å²) in [7, 11) is 4.68. The summed E-state index contributed by atoms with van der Waals surface area (Å²) in [6, 6.07) is 23.0. The van der Waals surface area contributed by atoms with E-state index in [9.17, 15) is 0 Å². The van der Waals surface area contributed by atoms with Crippen molar-refractivity contribution >= 4 is 18.9 Å². The average Bonchev–Trinajstić information content (AvgIpc) is 2.93. The van der Waals surface area contributed by atoms with Crippen molar-refractivity contribution in [3.8, 4) is 34.1 Å². The quantitative estimate of drug-likeness (QED) is 0.231. The van der Waals surface area contributed by atoms with Crippen molar-refractivity contribution in [3.05, 3.63) is 106 Å². The average molecular weight is 597 g/mol. The lowest BCUT2D eigenvalue weighted by atomic mass is 9.95. The molecule has 0 bridgehead atoms. The van der Waals surface area contributed by atoms with Gasteiger partial charge in [0.15, 0.2) is 0 Å². The topological polar surface area (TPSA) is 58.9 Å². The minimum atomic E-state index is 0.368. The van der Waals surface area contributed by atoms with Crippen LogP contribution in [0.15, 0.2) is 72.8 Å². The van der Waals surface area contributed by atoms with Crippen LogP contribution in [0.3, 0.4) is 0 Å². The Morgan fingerprint density at radius 1 is 0.537 bits per heavy atom. The Morgan fingerprint density at radius 3 is 1.05 bits per heavy atom. The molecule has 0 fully saturated rings. The number of benzene rings is 4. The molecule has 2 unspecified atom stereocenters. The van der Waals surface area contributed by atoms with Crippen LogP contribution in [-0.4, -0.2) is 10.2 Å². The number of aryl methyl sites for hydroxylation is 6. The molecule has 0 saturated heterocycles. The SMILES string of the molecule is CC.CCC.Cc1cc(C)c(OP)c(-c2cc(C)cc(C)c2OP)c1.Cc1ccccc1O.Cc1ccccc1O. The van der Waals surface area contributed by atoms with Crippen LogP contribution in [0.2, 0.25) is 0 Å². The predicted octanol–water partition coefficient (Wildman–Crippen LogP) is 10.8. The third kappa shape index (κ3) is 13.0. The first-order chi connectivity index (χ1) is 19.5. The van der Waals surface area contributed by atoms with Crippen molar-refractivity contribution < 1.29 is 19.3 Å². The molecule has 0 aliphatic carbocycles. The van der Waals surface area contributed by atoms with Gasteiger partial charge in [0.2, 0.25) is 0 Å². The standard InChI is InChI=1S/C16H20O2P2.2C7H8O.C3H8.C2H6/c1-9-5-11(3)15(17-19)13(7-9)14-8-10(2)6-12(4)16(14)18-20;2*1-6-4-2-3-5-7(6)8;1-3-2;1-2/h5-8H,19-20H2,1-4H3;2*2-5,8H,1H3;3H2,1-2H3;1-2H3. The predicted molar refractivity (Wildman–Crippen MR) is 185 cm³/mol. The third-order valence-corrected chi connectivity index (χ3v) is 6.07. The van der Waals surface area contributed by atoms with E-state index in [1.54, 1.807) is 12.1 Å². The second-order valence-electron chi connectivity index (χ2n) is 9.43. The smallest absolute Gasteiger partial charge is 0.133 e. The van der Waals surface area contributed by atoms with Gasteiger partial charge >= 0.3 is 0 Å². The Kier molecular flexibility index (Phi) is 19.2. The molecular weight excluding hydrogens is 546 g/mol. The van der Waals surface area contributed by atoms with E-state index in [2.05, 4.69) is 84.7 Å². The van der Waals surface area contributed by atoms with Gasteiger partial charge in [-0.1, -0.05) is 82.6 Å². The van der Waals surface area contributed by atoms with E-state index in [1.807, 2.05) is 64.1 Å². The largest absolute Gasteiger partial charge is 0.508 e. The highest BCUT2D eigenvalue weighted by Crippen LogP contribution is 2.42. The van der Waals surface area contributed by atoms with Crippen LogP contribution in [0.4, 0.5) is 0 Å². The number of phenolic OH excluding ortho intramolecular Hbond substituents is 2. The summed E-state index contributed by atoms with van der Waals surface area (Å²) in [5, 5.41) is 17.8. The van der Waals surface area contributed by atoms with Crippen molar-refractivity contribution in [2.75, 3.05) is 0 Å². The molecule has 0 aliphatic rings. The van der Waals surface area contributed by atoms with Crippen molar-refractivity contribution in [1.82, 2.24) is 0 Å². The van der Waals surface area contributed by atoms with Crippen molar-refractivity contribution in [2.24, 2.45) is 0 Å². The van der Waals surface area contributed by atoms with Crippen molar-refractivity contribution in [1.29, 1.82) is 0 Å². The fourth-order valence-corrected chi connectivity index (χ4v) is 4.37. The molecule has 4 aromatic carbocycles. The van der Waals surface area contributed by atoms with E-state index in [1.165, 1.54) is 17.5 Å². The maximum atomic E-state index is 8.92.